The van der Waals surface area contributed by atoms with Gasteiger partial charge < -0.3 is 10.2 Å². The molecule has 1 aliphatic heterocycles. The van der Waals surface area contributed by atoms with E-state index in [1.807, 2.05) is 0 Å². The maximum Gasteiger partial charge on any atom is 0.227 e. The molecule has 1 saturated heterocycles. The number of piperidine rings is 1. The summed E-state index contributed by atoms with van der Waals surface area (Å²) in [6, 6.07) is 0.390. The van der Waals surface area contributed by atoms with Crippen LogP contribution in [0.2, 0.25) is 0 Å². The van der Waals surface area contributed by atoms with Gasteiger partial charge in [0.1, 0.15) is 5.82 Å². The smallest absolute Gasteiger partial charge is 0.227 e. The summed E-state index contributed by atoms with van der Waals surface area (Å²) in [6.45, 7) is 3.76. The Morgan fingerprint density at radius 1 is 1.33 bits per heavy atom. The Bertz CT molecular complexity index is 486. The van der Waals surface area contributed by atoms with Gasteiger partial charge in [0, 0.05) is 31.5 Å². The fraction of sp³-hybridized carbons (Fsp3) is 0.688. The number of carbonyl (C=O) groups excluding carboxylic acids is 1. The lowest BCUT2D eigenvalue weighted by atomic mass is 9.80. The maximum absolute atomic E-state index is 12.7. The van der Waals surface area contributed by atoms with Crippen LogP contribution in [-0.2, 0) is 4.79 Å². The minimum Gasteiger partial charge on any atom is -0.354 e. The summed E-state index contributed by atoms with van der Waals surface area (Å²) in [4.78, 5) is 23.4. The van der Waals surface area contributed by atoms with E-state index in [0.717, 1.165) is 44.6 Å². The van der Waals surface area contributed by atoms with Gasteiger partial charge in [0.25, 0.3) is 0 Å². The molecule has 0 radical (unpaired) electrons. The zero-order valence-corrected chi connectivity index (χ0v) is 12.7. The van der Waals surface area contributed by atoms with Crippen LogP contribution in [0, 0.1) is 5.41 Å². The van der Waals surface area contributed by atoms with Crippen LogP contribution >= 0.6 is 0 Å². The first-order chi connectivity index (χ1) is 10.2. The molecule has 3 rings (SSSR count). The minimum absolute atomic E-state index is 0.211. The van der Waals surface area contributed by atoms with Gasteiger partial charge in [-0.15, -0.1) is 0 Å². The molecule has 1 aliphatic carbocycles. The minimum atomic E-state index is -0.321. The molecule has 1 aromatic heterocycles. The molecule has 1 saturated carbocycles. The fourth-order valence-corrected chi connectivity index (χ4v) is 3.50. The van der Waals surface area contributed by atoms with Crippen LogP contribution in [-0.4, -0.2) is 35.0 Å². The summed E-state index contributed by atoms with van der Waals surface area (Å²) < 4.78 is 0. The average Bonchev–Trinajstić information content (AvgIpc) is 3.01. The second kappa shape index (κ2) is 6.00. The molecule has 0 unspecified atom stereocenters. The van der Waals surface area contributed by atoms with Gasteiger partial charge in [0.2, 0.25) is 5.91 Å². The molecule has 5 heteroatoms. The highest BCUT2D eigenvalue weighted by molar-refractivity contribution is 5.83. The number of aromatic nitrogens is 2. The van der Waals surface area contributed by atoms with E-state index in [2.05, 4.69) is 27.1 Å². The molecular weight excluding hydrogens is 264 g/mol. The average molecular weight is 288 g/mol. The number of hydrogen-bond donors (Lipinski definition) is 1. The summed E-state index contributed by atoms with van der Waals surface area (Å²) in [7, 11) is 0. The number of hydrogen-bond acceptors (Lipinski definition) is 4. The Balaban J connectivity index is 1.67. The van der Waals surface area contributed by atoms with Crippen LogP contribution in [0.3, 0.4) is 0 Å². The van der Waals surface area contributed by atoms with Crippen molar-refractivity contribution in [2.45, 2.75) is 51.5 Å². The standard InChI is InChI=1S/C16H24N4O/c1-16(15(21)19-13-5-2-3-6-13)7-4-10-20(12-16)14-11-17-8-9-18-14/h8-9,11,13H,2-7,10,12H2,1H3,(H,19,21)/t16-/m0/s1. The number of rotatable bonds is 3. The van der Waals surface area contributed by atoms with E-state index in [-0.39, 0.29) is 11.3 Å². The quantitative estimate of drug-likeness (QED) is 0.926. The van der Waals surface area contributed by atoms with Crippen LogP contribution in [0.1, 0.15) is 45.4 Å². The van der Waals surface area contributed by atoms with Crippen molar-refractivity contribution in [1.82, 2.24) is 15.3 Å². The Morgan fingerprint density at radius 2 is 2.14 bits per heavy atom. The molecule has 2 aliphatic rings. The molecule has 21 heavy (non-hydrogen) atoms. The SMILES string of the molecule is C[C@]1(C(=O)NC2CCCC2)CCCN(c2cnccn2)C1. The lowest BCUT2D eigenvalue weighted by molar-refractivity contribution is -0.131. The number of amides is 1. The highest BCUT2D eigenvalue weighted by atomic mass is 16.2. The molecular formula is C16H24N4O. The Labute approximate surface area is 126 Å². The predicted octanol–water partition coefficient (Wildman–Crippen LogP) is 2.14. The largest absolute Gasteiger partial charge is 0.354 e. The van der Waals surface area contributed by atoms with E-state index in [4.69, 9.17) is 0 Å². The molecule has 1 amide bonds. The summed E-state index contributed by atoms with van der Waals surface area (Å²) in [5.74, 6) is 1.08. The third-order valence-corrected chi connectivity index (χ3v) is 4.81. The van der Waals surface area contributed by atoms with Gasteiger partial charge in [-0.1, -0.05) is 12.8 Å². The van der Waals surface area contributed by atoms with Gasteiger partial charge in [0.05, 0.1) is 11.6 Å². The highest BCUT2D eigenvalue weighted by Crippen LogP contribution is 2.32. The van der Waals surface area contributed by atoms with Crippen molar-refractivity contribution in [3.05, 3.63) is 18.6 Å². The molecule has 114 valence electrons. The number of anilines is 1. The predicted molar refractivity (Wildman–Crippen MR) is 82.0 cm³/mol. The van der Waals surface area contributed by atoms with Crippen molar-refractivity contribution in [3.8, 4) is 0 Å². The highest BCUT2D eigenvalue weighted by Gasteiger charge is 2.39. The van der Waals surface area contributed by atoms with E-state index in [0.29, 0.717) is 6.04 Å². The number of nitrogens with zero attached hydrogens (tertiary/aromatic N) is 3. The third kappa shape index (κ3) is 3.17. The van der Waals surface area contributed by atoms with E-state index in [9.17, 15) is 4.79 Å². The second-order valence-electron chi connectivity index (χ2n) is 6.60. The number of nitrogens with one attached hydrogen (secondary N) is 1. The van der Waals surface area contributed by atoms with Crippen LogP contribution in [0.25, 0.3) is 0 Å². The van der Waals surface area contributed by atoms with Crippen molar-refractivity contribution in [3.63, 3.8) is 0 Å². The van der Waals surface area contributed by atoms with Crippen LogP contribution in [0.4, 0.5) is 5.82 Å². The van der Waals surface area contributed by atoms with Crippen molar-refractivity contribution in [2.24, 2.45) is 5.41 Å². The molecule has 5 nitrogen and oxygen atoms in total. The topological polar surface area (TPSA) is 58.1 Å². The summed E-state index contributed by atoms with van der Waals surface area (Å²) >= 11 is 0. The van der Waals surface area contributed by atoms with Crippen LogP contribution < -0.4 is 10.2 Å². The van der Waals surface area contributed by atoms with Crippen molar-refractivity contribution in [1.29, 1.82) is 0 Å². The lowest BCUT2D eigenvalue weighted by Crippen LogP contribution is -2.52. The molecule has 1 N–H and O–H groups in total. The fourth-order valence-electron chi connectivity index (χ4n) is 3.50. The van der Waals surface area contributed by atoms with Gasteiger partial charge in [-0.05, 0) is 32.6 Å². The van der Waals surface area contributed by atoms with Gasteiger partial charge in [-0.3, -0.25) is 9.78 Å². The van der Waals surface area contributed by atoms with Crippen molar-refractivity contribution < 1.29 is 4.79 Å². The van der Waals surface area contributed by atoms with E-state index < -0.39 is 0 Å². The van der Waals surface area contributed by atoms with Crippen molar-refractivity contribution in [2.75, 3.05) is 18.0 Å². The Kier molecular flexibility index (Phi) is 4.08. The van der Waals surface area contributed by atoms with Crippen molar-refractivity contribution >= 4 is 11.7 Å². The molecule has 2 heterocycles. The first kappa shape index (κ1) is 14.3. The molecule has 0 aromatic carbocycles. The van der Waals surface area contributed by atoms with E-state index >= 15 is 0 Å². The normalized spacial score (nSPS) is 26.8. The summed E-state index contributed by atoms with van der Waals surface area (Å²) in [6.07, 6.45) is 11.9. The first-order valence-corrected chi connectivity index (χ1v) is 7.99. The molecule has 1 atom stereocenters. The van der Waals surface area contributed by atoms with E-state index in [1.54, 1.807) is 18.6 Å². The first-order valence-electron chi connectivity index (χ1n) is 7.99. The Hall–Kier alpha value is -1.65. The second-order valence-corrected chi connectivity index (χ2v) is 6.60. The summed E-state index contributed by atoms with van der Waals surface area (Å²) in [5, 5.41) is 3.26. The molecule has 0 spiro atoms. The molecule has 1 aromatic rings. The van der Waals surface area contributed by atoms with Crippen LogP contribution in [0.15, 0.2) is 18.6 Å². The van der Waals surface area contributed by atoms with Crippen LogP contribution in [0.5, 0.6) is 0 Å². The summed E-state index contributed by atoms with van der Waals surface area (Å²) in [5.41, 5.74) is -0.321. The third-order valence-electron chi connectivity index (χ3n) is 4.81. The zero-order chi connectivity index (χ0) is 14.7. The monoisotopic (exact) mass is 288 g/mol. The molecule has 0 bridgehead atoms. The maximum atomic E-state index is 12.7. The van der Waals surface area contributed by atoms with Gasteiger partial charge in [-0.2, -0.15) is 0 Å². The molecule has 2 fully saturated rings. The zero-order valence-electron chi connectivity index (χ0n) is 12.7. The Morgan fingerprint density at radius 3 is 2.86 bits per heavy atom. The lowest BCUT2D eigenvalue weighted by Gasteiger charge is -2.40. The van der Waals surface area contributed by atoms with E-state index in [1.165, 1.54) is 12.8 Å². The van der Waals surface area contributed by atoms with Gasteiger partial charge >= 0.3 is 0 Å². The van der Waals surface area contributed by atoms with Gasteiger partial charge in [0.15, 0.2) is 0 Å². The van der Waals surface area contributed by atoms with Gasteiger partial charge in [-0.25, -0.2) is 4.98 Å². The number of carbonyl (C=O) groups is 1.